The molecule has 0 bridgehead atoms. The maximum absolute atomic E-state index is 18.3. The average molecular weight is 579 g/mol. The number of rotatable bonds is 7. The standard InChI is InChI=1S/C30H47FO6Si2/c1-19-15-24-23-12-11-21-16-22(33)13-14-27(21,3)29(23,31)26(36-38(5,6)7)17-28(24,4)30(19,37-39(8,9)10)25(34)18-35-20(2)32/h13-14,16,19,23-24,26H,11-12,15,17-18H2,1-10H3/t19-,23-,24-,26-,27-,28-,29-,30-/m0/s1. The quantitative estimate of drug-likeness (QED) is 0.265. The van der Waals surface area contributed by atoms with Gasteiger partial charge in [-0.15, -0.1) is 0 Å². The van der Waals surface area contributed by atoms with Gasteiger partial charge < -0.3 is 13.6 Å². The first-order valence-electron chi connectivity index (χ1n) is 14.4. The van der Waals surface area contributed by atoms with E-state index in [1.165, 1.54) is 13.0 Å². The molecule has 0 aromatic carbocycles. The topological polar surface area (TPSA) is 78.9 Å². The van der Waals surface area contributed by atoms with Crippen molar-refractivity contribution in [3.8, 4) is 0 Å². The van der Waals surface area contributed by atoms with Crippen LogP contribution in [0.4, 0.5) is 4.39 Å². The van der Waals surface area contributed by atoms with Gasteiger partial charge >= 0.3 is 5.97 Å². The SMILES string of the molecule is CC(=O)OCC(=O)[C@@]1(O[Si](C)(C)C)[C@@H](C)C[C@H]2[C@@H]3CCC4=CC(=O)C=C[C@]4(C)[C@@]3(F)[C@@H](O[Si](C)(C)C)C[C@@]21C. The first-order valence-corrected chi connectivity index (χ1v) is 21.2. The van der Waals surface area contributed by atoms with Crippen LogP contribution in [0.1, 0.15) is 53.4 Å². The number of halogens is 1. The lowest BCUT2D eigenvalue weighted by Crippen LogP contribution is -2.71. The van der Waals surface area contributed by atoms with E-state index in [-0.39, 0.29) is 35.9 Å². The van der Waals surface area contributed by atoms with Crippen molar-refractivity contribution in [3.05, 3.63) is 23.8 Å². The minimum Gasteiger partial charge on any atom is -0.458 e. The molecule has 6 nitrogen and oxygen atoms in total. The van der Waals surface area contributed by atoms with E-state index in [2.05, 4.69) is 46.2 Å². The van der Waals surface area contributed by atoms with Crippen LogP contribution in [-0.4, -0.2) is 58.2 Å². The van der Waals surface area contributed by atoms with Gasteiger partial charge in [-0.05, 0) is 95.9 Å². The van der Waals surface area contributed by atoms with Crippen LogP contribution in [0, 0.1) is 28.6 Å². The zero-order chi connectivity index (χ0) is 29.4. The predicted molar refractivity (Wildman–Crippen MR) is 154 cm³/mol. The van der Waals surface area contributed by atoms with Crippen LogP contribution in [0.2, 0.25) is 39.3 Å². The lowest BCUT2D eigenvalue weighted by Gasteiger charge is -2.65. The van der Waals surface area contributed by atoms with Crippen LogP contribution >= 0.6 is 0 Å². The number of fused-ring (bicyclic) bond motifs is 5. The van der Waals surface area contributed by atoms with Gasteiger partial charge in [0, 0.05) is 23.7 Å². The van der Waals surface area contributed by atoms with Crippen molar-refractivity contribution < 1.29 is 32.4 Å². The Morgan fingerprint density at radius 1 is 1.08 bits per heavy atom. The zero-order valence-corrected chi connectivity index (χ0v) is 27.4. The largest absolute Gasteiger partial charge is 0.458 e. The Kier molecular flexibility index (Phi) is 7.49. The molecule has 4 aliphatic rings. The number of hydrogen-bond acceptors (Lipinski definition) is 6. The maximum atomic E-state index is 18.3. The Labute approximate surface area is 235 Å². The van der Waals surface area contributed by atoms with Gasteiger partial charge in [0.1, 0.15) is 5.60 Å². The van der Waals surface area contributed by atoms with Crippen LogP contribution in [0.15, 0.2) is 23.8 Å². The van der Waals surface area contributed by atoms with Crippen molar-refractivity contribution in [2.24, 2.45) is 28.6 Å². The Morgan fingerprint density at radius 3 is 2.28 bits per heavy atom. The van der Waals surface area contributed by atoms with E-state index in [0.29, 0.717) is 25.7 Å². The highest BCUT2D eigenvalue weighted by molar-refractivity contribution is 6.70. The van der Waals surface area contributed by atoms with E-state index in [1.54, 1.807) is 12.2 Å². The summed E-state index contributed by atoms with van der Waals surface area (Å²) in [7, 11) is -4.56. The Bertz CT molecular complexity index is 1120. The van der Waals surface area contributed by atoms with Crippen LogP contribution < -0.4 is 0 Å². The zero-order valence-electron chi connectivity index (χ0n) is 25.4. The summed E-state index contributed by atoms with van der Waals surface area (Å²) in [5.41, 5.74) is -3.81. The van der Waals surface area contributed by atoms with Crippen LogP contribution in [-0.2, 0) is 28.0 Å². The molecule has 0 radical (unpaired) electrons. The molecule has 0 saturated heterocycles. The average Bonchev–Trinajstić information content (AvgIpc) is 2.99. The highest BCUT2D eigenvalue weighted by Crippen LogP contribution is 2.72. The summed E-state index contributed by atoms with van der Waals surface area (Å²) in [4.78, 5) is 38.3. The lowest BCUT2D eigenvalue weighted by molar-refractivity contribution is -0.212. The molecule has 0 heterocycles. The summed E-state index contributed by atoms with van der Waals surface area (Å²) in [6.45, 7) is 19.4. The third-order valence-electron chi connectivity index (χ3n) is 9.94. The molecule has 0 aliphatic heterocycles. The molecule has 4 rings (SSSR count). The van der Waals surface area contributed by atoms with Crippen LogP contribution in [0.25, 0.3) is 0 Å². The molecule has 0 amide bonds. The Morgan fingerprint density at radius 2 is 1.72 bits per heavy atom. The number of alkyl halides is 1. The number of ether oxygens (including phenoxy) is 1. The summed E-state index contributed by atoms with van der Waals surface area (Å²) in [6, 6.07) is 0. The first kappa shape index (κ1) is 30.5. The molecule has 0 N–H and O–H groups in total. The van der Waals surface area contributed by atoms with Crippen molar-refractivity contribution in [3.63, 3.8) is 0 Å². The third kappa shape index (κ3) is 4.69. The molecule has 3 saturated carbocycles. The van der Waals surface area contributed by atoms with Gasteiger partial charge in [0.25, 0.3) is 0 Å². The van der Waals surface area contributed by atoms with E-state index >= 15 is 4.39 Å². The highest BCUT2D eigenvalue weighted by atomic mass is 28.4. The van der Waals surface area contributed by atoms with Gasteiger partial charge in [-0.1, -0.05) is 25.5 Å². The molecule has 8 atom stereocenters. The molecule has 3 fully saturated rings. The smallest absolute Gasteiger partial charge is 0.303 e. The molecule has 218 valence electrons. The number of ketones is 2. The number of carbonyl (C=O) groups is 3. The minimum absolute atomic E-state index is 0.0963. The maximum Gasteiger partial charge on any atom is 0.303 e. The number of hydrogen-bond donors (Lipinski definition) is 0. The summed E-state index contributed by atoms with van der Waals surface area (Å²) in [5, 5.41) is 0. The Balaban J connectivity index is 1.92. The fourth-order valence-electron chi connectivity index (χ4n) is 8.67. The highest BCUT2D eigenvalue weighted by Gasteiger charge is 2.77. The number of esters is 1. The lowest BCUT2D eigenvalue weighted by atomic mass is 9.44. The van der Waals surface area contributed by atoms with Gasteiger partial charge in [-0.25, -0.2) is 4.39 Å². The summed E-state index contributed by atoms with van der Waals surface area (Å²) < 4.78 is 37.3. The van der Waals surface area contributed by atoms with Crippen molar-refractivity contribution in [2.75, 3.05) is 6.61 Å². The van der Waals surface area contributed by atoms with Crippen LogP contribution in [0.5, 0.6) is 0 Å². The van der Waals surface area contributed by atoms with Crippen molar-refractivity contribution in [1.29, 1.82) is 0 Å². The van der Waals surface area contributed by atoms with E-state index in [9.17, 15) is 14.4 Å². The normalized spacial score (nSPS) is 41.8. The molecule has 0 spiro atoms. The van der Waals surface area contributed by atoms with Gasteiger partial charge in [-0.3, -0.25) is 14.4 Å². The van der Waals surface area contributed by atoms with E-state index in [1.807, 2.05) is 13.8 Å². The molecular weight excluding hydrogens is 531 g/mol. The summed E-state index contributed by atoms with van der Waals surface area (Å²) in [6.07, 6.45) is 6.29. The van der Waals surface area contributed by atoms with E-state index in [0.717, 1.165) is 5.57 Å². The minimum atomic E-state index is -2.31. The number of Topliss-reactive ketones (excluding diaryl/α,β-unsaturated/α-hetero) is 1. The van der Waals surface area contributed by atoms with Gasteiger partial charge in [0.05, 0.1) is 6.10 Å². The van der Waals surface area contributed by atoms with Gasteiger partial charge in [-0.2, -0.15) is 0 Å². The van der Waals surface area contributed by atoms with E-state index < -0.39 is 50.8 Å². The second-order valence-electron chi connectivity index (χ2n) is 14.8. The molecule has 0 aromatic rings. The molecule has 39 heavy (non-hydrogen) atoms. The van der Waals surface area contributed by atoms with Crippen molar-refractivity contribution in [1.82, 2.24) is 0 Å². The monoisotopic (exact) mass is 578 g/mol. The molecule has 0 aromatic heterocycles. The van der Waals surface area contributed by atoms with E-state index in [4.69, 9.17) is 13.6 Å². The first-order chi connectivity index (χ1) is 17.7. The van der Waals surface area contributed by atoms with Gasteiger partial charge in [0.15, 0.2) is 34.7 Å². The fraction of sp³-hybridized carbons (Fsp3) is 0.767. The fourth-order valence-corrected chi connectivity index (χ4v) is 11.3. The summed E-state index contributed by atoms with van der Waals surface area (Å²) >= 11 is 0. The van der Waals surface area contributed by atoms with Gasteiger partial charge in [0.2, 0.25) is 5.78 Å². The molecule has 0 unspecified atom stereocenters. The second kappa shape index (κ2) is 9.56. The van der Waals surface area contributed by atoms with Crippen molar-refractivity contribution >= 4 is 34.2 Å². The number of allylic oxidation sites excluding steroid dienone is 4. The molecular formula is C30H47FO6Si2. The second-order valence-corrected chi connectivity index (χ2v) is 23.6. The Hall–Kier alpha value is -1.43. The predicted octanol–water partition coefficient (Wildman–Crippen LogP) is 6.18. The summed E-state index contributed by atoms with van der Waals surface area (Å²) in [5.74, 6) is -1.55. The molecule has 4 aliphatic carbocycles. The molecule has 9 heteroatoms. The van der Waals surface area contributed by atoms with Crippen molar-refractivity contribution in [2.45, 2.75) is 110 Å². The van der Waals surface area contributed by atoms with Crippen LogP contribution in [0.3, 0.4) is 0 Å². The number of carbonyl (C=O) groups excluding carboxylic acids is 3. The third-order valence-corrected chi connectivity index (χ3v) is 11.9.